The number of thiazole rings is 1. The Bertz CT molecular complexity index is 681. The van der Waals surface area contributed by atoms with E-state index in [4.69, 9.17) is 11.6 Å². The van der Waals surface area contributed by atoms with Crippen molar-refractivity contribution in [2.75, 3.05) is 13.1 Å². The maximum Gasteiger partial charge on any atom is 0.266 e. The first-order chi connectivity index (χ1) is 10.6. The first-order valence-electron chi connectivity index (χ1n) is 6.81. The Morgan fingerprint density at radius 3 is 2.41 bits per heavy atom. The highest BCUT2D eigenvalue weighted by atomic mass is 35.5. The van der Waals surface area contributed by atoms with Gasteiger partial charge in [-0.1, -0.05) is 35.9 Å². The molecule has 0 saturated heterocycles. The van der Waals surface area contributed by atoms with Gasteiger partial charge in [0.1, 0.15) is 9.88 Å². The molecule has 0 aliphatic heterocycles. The smallest absolute Gasteiger partial charge is 0.266 e. The fraction of sp³-hybridized carbons (Fsp3) is 0.176. The molecular formula is C17H17ClN2OS. The van der Waals surface area contributed by atoms with E-state index in [1.807, 2.05) is 31.2 Å². The van der Waals surface area contributed by atoms with Gasteiger partial charge in [-0.15, -0.1) is 24.5 Å². The van der Waals surface area contributed by atoms with Crippen LogP contribution in [0, 0.1) is 6.92 Å². The molecule has 5 heteroatoms. The van der Waals surface area contributed by atoms with Gasteiger partial charge in [0.05, 0.1) is 5.69 Å². The van der Waals surface area contributed by atoms with Gasteiger partial charge < -0.3 is 4.90 Å². The molecule has 1 aromatic carbocycles. The molecule has 0 fully saturated rings. The number of benzene rings is 1. The molecule has 2 rings (SSSR count). The molecule has 1 heterocycles. The van der Waals surface area contributed by atoms with Gasteiger partial charge in [-0.25, -0.2) is 4.98 Å². The van der Waals surface area contributed by atoms with E-state index in [1.54, 1.807) is 17.1 Å². The Labute approximate surface area is 139 Å². The van der Waals surface area contributed by atoms with Gasteiger partial charge in [0.2, 0.25) is 0 Å². The fourth-order valence-corrected chi connectivity index (χ4v) is 3.17. The van der Waals surface area contributed by atoms with Crippen molar-refractivity contribution in [3.8, 4) is 10.6 Å². The van der Waals surface area contributed by atoms with E-state index in [2.05, 4.69) is 18.1 Å². The number of hydrogen-bond acceptors (Lipinski definition) is 3. The molecule has 0 atom stereocenters. The quantitative estimate of drug-likeness (QED) is 0.725. The molecule has 3 nitrogen and oxygen atoms in total. The van der Waals surface area contributed by atoms with Crippen LogP contribution in [0.5, 0.6) is 0 Å². The number of aromatic nitrogens is 1. The lowest BCUT2D eigenvalue weighted by atomic mass is 10.2. The molecule has 0 saturated carbocycles. The lowest BCUT2D eigenvalue weighted by molar-refractivity contribution is 0.0794. The maximum atomic E-state index is 12.6. The zero-order valence-corrected chi connectivity index (χ0v) is 14.0. The van der Waals surface area contributed by atoms with E-state index in [-0.39, 0.29) is 5.91 Å². The van der Waals surface area contributed by atoms with Crippen LogP contribution in [0.25, 0.3) is 10.6 Å². The average molecular weight is 333 g/mol. The van der Waals surface area contributed by atoms with Crippen molar-refractivity contribution < 1.29 is 4.79 Å². The number of aryl methyl sites for hydroxylation is 1. The van der Waals surface area contributed by atoms with E-state index in [0.29, 0.717) is 23.0 Å². The van der Waals surface area contributed by atoms with E-state index in [9.17, 15) is 4.79 Å². The van der Waals surface area contributed by atoms with Gasteiger partial charge in [0, 0.05) is 23.7 Å². The first kappa shape index (κ1) is 16.5. The highest BCUT2D eigenvalue weighted by Gasteiger charge is 2.20. The molecule has 0 aliphatic carbocycles. The summed E-state index contributed by atoms with van der Waals surface area (Å²) in [6.07, 6.45) is 3.41. The third-order valence-electron chi connectivity index (χ3n) is 3.07. The molecule has 114 valence electrons. The second-order valence-electron chi connectivity index (χ2n) is 4.73. The second-order valence-corrected chi connectivity index (χ2v) is 6.16. The summed E-state index contributed by atoms with van der Waals surface area (Å²) in [5.41, 5.74) is 1.69. The van der Waals surface area contributed by atoms with Crippen LogP contribution in [-0.2, 0) is 0 Å². The lowest BCUT2D eigenvalue weighted by Crippen LogP contribution is -2.31. The van der Waals surface area contributed by atoms with E-state index < -0.39 is 0 Å². The number of nitrogens with zero attached hydrogens (tertiary/aromatic N) is 2. The zero-order valence-electron chi connectivity index (χ0n) is 12.4. The molecule has 0 bridgehead atoms. The van der Waals surface area contributed by atoms with Gasteiger partial charge in [-0.2, -0.15) is 0 Å². The zero-order chi connectivity index (χ0) is 16.1. The van der Waals surface area contributed by atoms with Crippen molar-refractivity contribution in [2.45, 2.75) is 6.92 Å². The van der Waals surface area contributed by atoms with E-state index >= 15 is 0 Å². The minimum atomic E-state index is -0.0463. The van der Waals surface area contributed by atoms with Crippen molar-refractivity contribution in [3.63, 3.8) is 0 Å². The Hall–Kier alpha value is -1.91. The standard InChI is InChI=1S/C17H17ClN2OS/c1-4-10-20(11-5-2)17(21)15-12(3)19-16(22-15)13-6-8-14(18)9-7-13/h4-9H,1-2,10-11H2,3H3. The summed E-state index contributed by atoms with van der Waals surface area (Å²) in [5, 5.41) is 1.49. The summed E-state index contributed by atoms with van der Waals surface area (Å²) in [4.78, 5) is 19.5. The van der Waals surface area contributed by atoms with Crippen LogP contribution in [0.2, 0.25) is 5.02 Å². The van der Waals surface area contributed by atoms with Crippen molar-refractivity contribution in [2.24, 2.45) is 0 Å². The van der Waals surface area contributed by atoms with Crippen LogP contribution in [0.15, 0.2) is 49.6 Å². The normalized spacial score (nSPS) is 10.3. The monoisotopic (exact) mass is 332 g/mol. The highest BCUT2D eigenvalue weighted by Crippen LogP contribution is 2.29. The fourth-order valence-electron chi connectivity index (χ4n) is 2.01. The highest BCUT2D eigenvalue weighted by molar-refractivity contribution is 7.17. The van der Waals surface area contributed by atoms with Gasteiger partial charge in [-0.05, 0) is 19.1 Å². The van der Waals surface area contributed by atoms with E-state index in [0.717, 1.165) is 16.3 Å². The van der Waals surface area contributed by atoms with Crippen LogP contribution < -0.4 is 0 Å². The van der Waals surface area contributed by atoms with Crippen LogP contribution in [0.3, 0.4) is 0 Å². The Kier molecular flexibility index (Phi) is 5.52. The van der Waals surface area contributed by atoms with Crippen LogP contribution in [0.4, 0.5) is 0 Å². The minimum Gasteiger partial charge on any atom is -0.330 e. The van der Waals surface area contributed by atoms with Gasteiger partial charge in [0.15, 0.2) is 0 Å². The number of amides is 1. The first-order valence-corrected chi connectivity index (χ1v) is 8.00. The number of carbonyl (C=O) groups is 1. The summed E-state index contributed by atoms with van der Waals surface area (Å²) < 4.78 is 0. The average Bonchev–Trinajstić information content (AvgIpc) is 2.89. The molecule has 0 aliphatic rings. The number of rotatable bonds is 6. The molecule has 2 aromatic rings. The van der Waals surface area contributed by atoms with Crippen LogP contribution >= 0.6 is 22.9 Å². The second kappa shape index (κ2) is 7.38. The third kappa shape index (κ3) is 3.64. The summed E-state index contributed by atoms with van der Waals surface area (Å²) in [6.45, 7) is 10.2. The lowest BCUT2D eigenvalue weighted by Gasteiger charge is -2.18. The topological polar surface area (TPSA) is 33.2 Å². The summed E-state index contributed by atoms with van der Waals surface area (Å²) in [5.74, 6) is -0.0463. The molecule has 22 heavy (non-hydrogen) atoms. The summed E-state index contributed by atoms with van der Waals surface area (Å²) in [7, 11) is 0. The summed E-state index contributed by atoms with van der Waals surface area (Å²) >= 11 is 7.29. The molecule has 1 amide bonds. The Balaban J connectivity index is 2.32. The molecule has 1 aromatic heterocycles. The molecule has 0 spiro atoms. The summed E-state index contributed by atoms with van der Waals surface area (Å²) in [6, 6.07) is 7.44. The predicted octanol–water partition coefficient (Wildman–Crippen LogP) is 4.59. The van der Waals surface area contributed by atoms with Gasteiger partial charge in [0.25, 0.3) is 5.91 Å². The minimum absolute atomic E-state index is 0.0463. The van der Waals surface area contributed by atoms with E-state index in [1.165, 1.54) is 11.3 Å². The third-order valence-corrected chi connectivity index (χ3v) is 4.51. The molecule has 0 radical (unpaired) electrons. The van der Waals surface area contributed by atoms with Crippen LogP contribution in [-0.4, -0.2) is 28.9 Å². The van der Waals surface area contributed by atoms with Gasteiger partial charge in [-0.3, -0.25) is 4.79 Å². The Morgan fingerprint density at radius 2 is 1.86 bits per heavy atom. The SMILES string of the molecule is C=CCN(CC=C)C(=O)c1sc(-c2ccc(Cl)cc2)nc1C. The van der Waals surface area contributed by atoms with Crippen molar-refractivity contribution in [1.29, 1.82) is 0 Å². The van der Waals surface area contributed by atoms with Crippen molar-refractivity contribution in [3.05, 3.63) is 65.2 Å². The largest absolute Gasteiger partial charge is 0.330 e. The van der Waals surface area contributed by atoms with Crippen LogP contribution in [0.1, 0.15) is 15.4 Å². The number of carbonyl (C=O) groups excluding carboxylic acids is 1. The molecular weight excluding hydrogens is 316 g/mol. The maximum absolute atomic E-state index is 12.6. The molecule has 0 unspecified atom stereocenters. The number of hydrogen-bond donors (Lipinski definition) is 0. The number of halogens is 1. The van der Waals surface area contributed by atoms with Crippen molar-refractivity contribution in [1.82, 2.24) is 9.88 Å². The van der Waals surface area contributed by atoms with Gasteiger partial charge >= 0.3 is 0 Å². The predicted molar refractivity (Wildman–Crippen MR) is 93.6 cm³/mol. The Morgan fingerprint density at radius 1 is 1.27 bits per heavy atom. The molecule has 0 N–H and O–H groups in total. The van der Waals surface area contributed by atoms with Crippen molar-refractivity contribution >= 4 is 28.8 Å².